The molecular formula is C19H23N3O5. The van der Waals surface area contributed by atoms with Crippen molar-refractivity contribution in [2.24, 2.45) is 11.7 Å². The third-order valence-corrected chi connectivity index (χ3v) is 4.52. The number of furan rings is 1. The molecule has 0 radical (unpaired) electrons. The molecule has 27 heavy (non-hydrogen) atoms. The van der Waals surface area contributed by atoms with Crippen molar-refractivity contribution in [1.82, 2.24) is 5.32 Å². The average Bonchev–Trinajstić information content (AvgIpc) is 3.37. The van der Waals surface area contributed by atoms with Crippen molar-refractivity contribution in [3.8, 4) is 11.5 Å². The summed E-state index contributed by atoms with van der Waals surface area (Å²) in [6, 6.07) is 6.13. The number of amides is 2. The number of ether oxygens (including phenoxy) is 2. The lowest BCUT2D eigenvalue weighted by Crippen LogP contribution is -2.42. The fourth-order valence-corrected chi connectivity index (χ4v) is 2.88. The van der Waals surface area contributed by atoms with Gasteiger partial charge >= 0.3 is 0 Å². The first-order chi connectivity index (χ1) is 13.1. The van der Waals surface area contributed by atoms with E-state index >= 15 is 0 Å². The van der Waals surface area contributed by atoms with E-state index in [0.717, 1.165) is 12.8 Å². The normalized spacial score (nSPS) is 14.3. The molecule has 0 aliphatic heterocycles. The molecule has 1 saturated carbocycles. The van der Waals surface area contributed by atoms with Crippen molar-refractivity contribution in [3.63, 3.8) is 0 Å². The van der Waals surface area contributed by atoms with Crippen molar-refractivity contribution in [1.29, 1.82) is 0 Å². The third-order valence-electron chi connectivity index (χ3n) is 4.52. The number of nitrogens with one attached hydrogen (secondary N) is 2. The van der Waals surface area contributed by atoms with Gasteiger partial charge in [-0.05, 0) is 37.0 Å². The van der Waals surface area contributed by atoms with Gasteiger partial charge in [0, 0.05) is 18.7 Å². The molecule has 4 N–H and O–H groups in total. The molecule has 144 valence electrons. The Hall–Kier alpha value is -3.00. The van der Waals surface area contributed by atoms with Crippen LogP contribution in [0.2, 0.25) is 0 Å². The molecule has 0 bridgehead atoms. The number of benzene rings is 1. The minimum absolute atomic E-state index is 0.0979. The smallest absolute Gasteiger partial charge is 0.291 e. The highest BCUT2D eigenvalue weighted by Crippen LogP contribution is 2.35. The summed E-state index contributed by atoms with van der Waals surface area (Å²) in [5.41, 5.74) is 6.33. The lowest BCUT2D eigenvalue weighted by molar-refractivity contribution is 0.0934. The number of hydrogen-bond acceptors (Lipinski definition) is 6. The lowest BCUT2D eigenvalue weighted by Gasteiger charge is -2.19. The first-order valence-corrected chi connectivity index (χ1v) is 8.69. The molecule has 0 saturated heterocycles. The zero-order valence-corrected chi connectivity index (χ0v) is 15.3. The molecule has 1 fully saturated rings. The molecule has 1 aromatic carbocycles. The van der Waals surface area contributed by atoms with Gasteiger partial charge in [0.1, 0.15) is 0 Å². The summed E-state index contributed by atoms with van der Waals surface area (Å²) in [5, 5.41) is 5.64. The summed E-state index contributed by atoms with van der Waals surface area (Å²) in [7, 11) is 2.96. The maximum absolute atomic E-state index is 12.9. The molecule has 1 unspecified atom stereocenters. The maximum atomic E-state index is 12.9. The van der Waals surface area contributed by atoms with E-state index in [9.17, 15) is 9.59 Å². The number of carbonyl (C=O) groups is 2. The van der Waals surface area contributed by atoms with Crippen LogP contribution in [0.4, 0.5) is 5.69 Å². The van der Waals surface area contributed by atoms with Gasteiger partial charge in [0.25, 0.3) is 11.8 Å². The quantitative estimate of drug-likeness (QED) is 0.652. The fourth-order valence-electron chi connectivity index (χ4n) is 2.88. The van der Waals surface area contributed by atoms with Crippen LogP contribution in [0.1, 0.15) is 33.8 Å². The van der Waals surface area contributed by atoms with Gasteiger partial charge in [0.2, 0.25) is 0 Å². The monoisotopic (exact) mass is 373 g/mol. The van der Waals surface area contributed by atoms with E-state index in [-0.39, 0.29) is 29.0 Å². The zero-order chi connectivity index (χ0) is 19.4. The van der Waals surface area contributed by atoms with Gasteiger partial charge in [-0.3, -0.25) is 9.59 Å². The Morgan fingerprint density at radius 3 is 2.48 bits per heavy atom. The second-order valence-corrected chi connectivity index (χ2v) is 6.34. The molecule has 8 nitrogen and oxygen atoms in total. The highest BCUT2D eigenvalue weighted by atomic mass is 16.5. The molecule has 2 amide bonds. The molecule has 8 heteroatoms. The summed E-state index contributed by atoms with van der Waals surface area (Å²) in [4.78, 5) is 25.2. The summed E-state index contributed by atoms with van der Waals surface area (Å²) in [6.07, 6.45) is 3.50. The zero-order valence-electron chi connectivity index (χ0n) is 15.3. The second-order valence-electron chi connectivity index (χ2n) is 6.34. The molecule has 0 spiro atoms. The summed E-state index contributed by atoms with van der Waals surface area (Å²) < 4.78 is 15.7. The molecule has 2 aromatic rings. The van der Waals surface area contributed by atoms with E-state index < -0.39 is 5.91 Å². The Labute approximate surface area is 157 Å². The molecule has 1 atom stereocenters. The molecule has 1 aromatic heterocycles. The number of carbonyl (C=O) groups excluding carboxylic acids is 2. The molecule has 1 aliphatic rings. The van der Waals surface area contributed by atoms with Crippen molar-refractivity contribution < 1.29 is 23.5 Å². The van der Waals surface area contributed by atoms with Gasteiger partial charge in [-0.15, -0.1) is 0 Å². The Morgan fingerprint density at radius 2 is 1.93 bits per heavy atom. The van der Waals surface area contributed by atoms with Gasteiger partial charge in [0.15, 0.2) is 17.3 Å². The molecule has 1 aliphatic carbocycles. The predicted molar refractivity (Wildman–Crippen MR) is 99.2 cm³/mol. The van der Waals surface area contributed by atoms with Crippen LogP contribution in [0.3, 0.4) is 0 Å². The highest BCUT2D eigenvalue weighted by molar-refractivity contribution is 6.08. The number of anilines is 1. The van der Waals surface area contributed by atoms with Crippen LogP contribution in [-0.4, -0.2) is 38.6 Å². The van der Waals surface area contributed by atoms with Gasteiger partial charge in [0.05, 0.1) is 31.7 Å². The van der Waals surface area contributed by atoms with E-state index in [4.69, 9.17) is 19.6 Å². The number of rotatable bonds is 8. The summed E-state index contributed by atoms with van der Waals surface area (Å²) in [5.74, 6) is 0.497. The fraction of sp³-hybridized carbons (Fsp3) is 0.368. The van der Waals surface area contributed by atoms with Crippen LogP contribution in [0.5, 0.6) is 11.5 Å². The Kier molecular flexibility index (Phi) is 5.66. The van der Waals surface area contributed by atoms with Crippen LogP contribution in [-0.2, 0) is 0 Å². The van der Waals surface area contributed by atoms with Crippen LogP contribution in [0.25, 0.3) is 0 Å². The first-order valence-electron chi connectivity index (χ1n) is 8.69. The van der Waals surface area contributed by atoms with Crippen molar-refractivity contribution in [3.05, 3.63) is 41.9 Å². The second kappa shape index (κ2) is 8.13. The van der Waals surface area contributed by atoms with Gasteiger partial charge in [-0.25, -0.2) is 0 Å². The van der Waals surface area contributed by atoms with E-state index in [1.165, 1.54) is 32.6 Å². The topological polar surface area (TPSA) is 116 Å². The van der Waals surface area contributed by atoms with Crippen LogP contribution in [0.15, 0.2) is 34.9 Å². The van der Waals surface area contributed by atoms with Crippen molar-refractivity contribution in [2.75, 3.05) is 26.1 Å². The van der Waals surface area contributed by atoms with E-state index in [2.05, 4.69) is 10.6 Å². The minimum atomic E-state index is -0.473. The predicted octanol–water partition coefficient (Wildman–Crippen LogP) is 2.02. The summed E-state index contributed by atoms with van der Waals surface area (Å²) in [6.45, 7) is 0.359. The van der Waals surface area contributed by atoms with Crippen LogP contribution < -0.4 is 25.8 Å². The SMILES string of the molecule is COc1cc(NC(=O)c2ccco2)c(C(=O)NC(CN)C2CC2)cc1OC. The standard InChI is InChI=1S/C19H23N3O5/c1-25-16-8-12(18(23)22-14(10-20)11-5-6-11)13(9-17(16)26-2)21-19(24)15-4-3-7-27-15/h3-4,7-9,11,14H,5-6,10,20H2,1-2H3,(H,21,24)(H,22,23). The third kappa shape index (κ3) is 4.22. The highest BCUT2D eigenvalue weighted by Gasteiger charge is 2.32. The minimum Gasteiger partial charge on any atom is -0.493 e. The first kappa shape index (κ1) is 18.8. The molecular weight excluding hydrogens is 350 g/mol. The van der Waals surface area contributed by atoms with E-state index in [0.29, 0.717) is 24.0 Å². The van der Waals surface area contributed by atoms with E-state index in [1.807, 2.05) is 0 Å². The van der Waals surface area contributed by atoms with Crippen molar-refractivity contribution >= 4 is 17.5 Å². The van der Waals surface area contributed by atoms with Crippen LogP contribution >= 0.6 is 0 Å². The van der Waals surface area contributed by atoms with E-state index in [1.54, 1.807) is 12.1 Å². The molecule has 3 rings (SSSR count). The largest absolute Gasteiger partial charge is 0.493 e. The maximum Gasteiger partial charge on any atom is 0.291 e. The van der Waals surface area contributed by atoms with Gasteiger partial charge in [-0.2, -0.15) is 0 Å². The number of methoxy groups -OCH3 is 2. The van der Waals surface area contributed by atoms with Crippen molar-refractivity contribution in [2.45, 2.75) is 18.9 Å². The molecule has 1 heterocycles. The summed E-state index contributed by atoms with van der Waals surface area (Å²) >= 11 is 0. The average molecular weight is 373 g/mol. The number of nitrogens with two attached hydrogens (primary N) is 1. The Balaban J connectivity index is 1.91. The Morgan fingerprint density at radius 1 is 1.22 bits per heavy atom. The van der Waals surface area contributed by atoms with Gasteiger partial charge < -0.3 is 30.3 Å². The Bertz CT molecular complexity index is 815. The lowest BCUT2D eigenvalue weighted by atomic mass is 10.1. The van der Waals surface area contributed by atoms with Crippen LogP contribution in [0, 0.1) is 5.92 Å². The van der Waals surface area contributed by atoms with Gasteiger partial charge in [-0.1, -0.05) is 0 Å². The number of hydrogen-bond donors (Lipinski definition) is 3.